The number of benzene rings is 4. The van der Waals surface area contributed by atoms with Gasteiger partial charge in [0.05, 0.1) is 73.3 Å². The summed E-state index contributed by atoms with van der Waals surface area (Å²) >= 11 is 27.7. The van der Waals surface area contributed by atoms with Gasteiger partial charge in [0.25, 0.3) is 11.8 Å². The van der Waals surface area contributed by atoms with E-state index in [1.165, 1.54) is 32.9 Å². The number of thiophene rings is 2. The number of thiazole rings is 2. The number of halogens is 4. The quantitative estimate of drug-likeness (QED) is 0.127. The number of hydrogen-bond donors (Lipinski definition) is 2. The minimum atomic E-state index is -0.613. The second kappa shape index (κ2) is 18.7. The van der Waals surface area contributed by atoms with Crippen LogP contribution in [0.15, 0.2) is 112 Å². The SMILES string of the molecule is Cc1cc2scnc2cc1-c1ccc(C(=O)Nc2ccccc2Cl)s1.O=C(Nc1ccccc1Cl)c1ccc(Br)s1.[CH2+]C1(C)OB(c2cc3ncsc3cc2Cl)OC1(C)C. The van der Waals surface area contributed by atoms with Crippen LogP contribution < -0.4 is 16.1 Å². The van der Waals surface area contributed by atoms with E-state index < -0.39 is 18.3 Å². The molecular formula is C43H34BBrCl3N4O4S4+. The number of carbonyl (C=O) groups excluding carboxylic acids is 2. The van der Waals surface area contributed by atoms with E-state index in [0.29, 0.717) is 36.2 Å². The van der Waals surface area contributed by atoms with Crippen molar-refractivity contribution in [3.8, 4) is 10.4 Å². The molecule has 2 amide bonds. The van der Waals surface area contributed by atoms with E-state index in [1.807, 2.05) is 80.9 Å². The number of nitrogens with zero attached hydrogens (tertiary/aromatic N) is 2. The Balaban J connectivity index is 0.000000140. The molecule has 1 saturated heterocycles. The van der Waals surface area contributed by atoms with Gasteiger partial charge in [-0.25, -0.2) is 9.97 Å². The molecule has 1 aliphatic heterocycles. The fourth-order valence-electron chi connectivity index (χ4n) is 5.80. The van der Waals surface area contributed by atoms with E-state index in [1.54, 1.807) is 58.5 Å². The van der Waals surface area contributed by atoms with Crippen LogP contribution in [0.2, 0.25) is 15.1 Å². The molecule has 1 atom stereocenters. The van der Waals surface area contributed by atoms with Crippen LogP contribution in [-0.2, 0) is 9.31 Å². The summed E-state index contributed by atoms with van der Waals surface area (Å²) in [5, 5.41) is 7.31. The molecular weight excluding hydrogens is 962 g/mol. The first-order valence-corrected chi connectivity index (χ1v) is 23.5. The summed E-state index contributed by atoms with van der Waals surface area (Å²) in [6.07, 6.45) is 0. The summed E-state index contributed by atoms with van der Waals surface area (Å²) in [6, 6.07) is 29.9. The number of carbonyl (C=O) groups is 2. The lowest BCUT2D eigenvalue weighted by Crippen LogP contribution is -2.42. The van der Waals surface area contributed by atoms with Crippen molar-refractivity contribution >= 4 is 152 Å². The van der Waals surface area contributed by atoms with Crippen LogP contribution >= 0.6 is 96.1 Å². The van der Waals surface area contributed by atoms with Gasteiger partial charge in [0.2, 0.25) is 5.60 Å². The Hall–Kier alpha value is -3.80. The zero-order valence-corrected chi connectivity index (χ0v) is 39.5. The summed E-state index contributed by atoms with van der Waals surface area (Å²) in [7, 11) is -0.504. The second-order valence-electron chi connectivity index (χ2n) is 14.1. The largest absolute Gasteiger partial charge is 0.499 e. The molecule has 5 heterocycles. The molecule has 60 heavy (non-hydrogen) atoms. The predicted octanol–water partition coefficient (Wildman–Crippen LogP) is 13.7. The number of para-hydroxylation sites is 2. The van der Waals surface area contributed by atoms with Gasteiger partial charge in [0.15, 0.2) is 0 Å². The summed E-state index contributed by atoms with van der Waals surface area (Å²) in [5.74, 6) is -0.305. The normalized spacial score (nSPS) is 15.6. The molecule has 1 fully saturated rings. The number of nitrogens with one attached hydrogen (secondary N) is 2. The first-order valence-electron chi connectivity index (χ1n) is 18.1. The van der Waals surface area contributed by atoms with Gasteiger partial charge < -0.3 is 19.9 Å². The highest BCUT2D eigenvalue weighted by molar-refractivity contribution is 9.11. The van der Waals surface area contributed by atoms with Crippen molar-refractivity contribution in [2.24, 2.45) is 0 Å². The minimum Gasteiger partial charge on any atom is -0.395 e. The summed E-state index contributed by atoms with van der Waals surface area (Å²) in [4.78, 5) is 35.3. The van der Waals surface area contributed by atoms with E-state index in [2.05, 4.69) is 62.5 Å². The van der Waals surface area contributed by atoms with Crippen molar-refractivity contribution in [3.63, 3.8) is 0 Å². The van der Waals surface area contributed by atoms with Crippen molar-refractivity contribution in [1.29, 1.82) is 0 Å². The third kappa shape index (κ3) is 10.1. The lowest BCUT2D eigenvalue weighted by Gasteiger charge is -2.25. The topological polar surface area (TPSA) is 102 Å². The second-order valence-corrected chi connectivity index (χ2v) is 20.7. The number of rotatable bonds is 6. The maximum atomic E-state index is 12.5. The molecule has 1 unspecified atom stereocenters. The van der Waals surface area contributed by atoms with Crippen LogP contribution in [0.4, 0.5) is 11.4 Å². The van der Waals surface area contributed by atoms with Gasteiger partial charge in [-0.1, -0.05) is 59.1 Å². The average molecular weight is 996 g/mol. The Morgan fingerprint density at radius 1 is 0.717 bits per heavy atom. The summed E-state index contributed by atoms with van der Waals surface area (Å²) in [6.45, 7) is 12.0. The number of aromatic nitrogens is 2. The van der Waals surface area contributed by atoms with E-state index >= 15 is 0 Å². The molecule has 9 rings (SSSR count). The number of hydrogen-bond acceptors (Lipinski definition) is 10. The maximum Gasteiger partial charge on any atom is 0.499 e. The van der Waals surface area contributed by atoms with Crippen LogP contribution in [0, 0.1) is 13.8 Å². The Kier molecular flexibility index (Phi) is 13.8. The van der Waals surface area contributed by atoms with Gasteiger partial charge in [0, 0.05) is 22.3 Å². The molecule has 0 radical (unpaired) electrons. The molecule has 0 spiro atoms. The smallest absolute Gasteiger partial charge is 0.395 e. The Morgan fingerprint density at radius 3 is 1.82 bits per heavy atom. The van der Waals surface area contributed by atoms with Crippen molar-refractivity contribution in [1.82, 2.24) is 9.97 Å². The first kappa shape index (κ1) is 44.3. The van der Waals surface area contributed by atoms with Crippen LogP contribution in [0.25, 0.3) is 30.9 Å². The molecule has 1 aliphatic rings. The molecule has 0 aliphatic carbocycles. The van der Waals surface area contributed by atoms with Crippen molar-refractivity contribution in [2.75, 3.05) is 10.6 Å². The minimum absolute atomic E-state index is 0.149. The lowest BCUT2D eigenvalue weighted by atomic mass is 9.79. The third-order valence-corrected chi connectivity index (χ3v) is 14.9. The van der Waals surface area contributed by atoms with Crippen molar-refractivity contribution in [2.45, 2.75) is 38.9 Å². The highest BCUT2D eigenvalue weighted by Gasteiger charge is 2.57. The van der Waals surface area contributed by atoms with Gasteiger partial charge >= 0.3 is 7.12 Å². The zero-order valence-electron chi connectivity index (χ0n) is 32.3. The lowest BCUT2D eigenvalue weighted by molar-refractivity contribution is 0.0262. The molecule has 0 saturated carbocycles. The van der Waals surface area contributed by atoms with Gasteiger partial charge in [-0.3, -0.25) is 9.59 Å². The van der Waals surface area contributed by atoms with E-state index in [9.17, 15) is 9.59 Å². The first-order chi connectivity index (χ1) is 28.6. The van der Waals surface area contributed by atoms with Gasteiger partial charge in [0.1, 0.15) is 5.60 Å². The molecule has 4 aromatic carbocycles. The molecule has 0 bridgehead atoms. The van der Waals surface area contributed by atoms with Crippen LogP contribution in [-0.4, -0.2) is 40.1 Å². The Labute approximate surface area is 387 Å². The van der Waals surface area contributed by atoms with Crippen LogP contribution in [0.3, 0.4) is 0 Å². The van der Waals surface area contributed by atoms with Gasteiger partial charge in [-0.2, -0.15) is 0 Å². The van der Waals surface area contributed by atoms with Crippen LogP contribution in [0.1, 0.15) is 45.7 Å². The molecule has 17 heteroatoms. The Bertz CT molecular complexity index is 2830. The number of aryl methyl sites for hydroxylation is 1. The molecule has 4 aromatic heterocycles. The monoisotopic (exact) mass is 993 g/mol. The summed E-state index contributed by atoms with van der Waals surface area (Å²) < 4.78 is 15.0. The Morgan fingerprint density at radius 2 is 1.27 bits per heavy atom. The fraction of sp³-hybridized carbons (Fsp3) is 0.140. The van der Waals surface area contributed by atoms with Crippen LogP contribution in [0.5, 0.6) is 0 Å². The van der Waals surface area contributed by atoms with Crippen molar-refractivity contribution in [3.05, 3.63) is 149 Å². The number of anilines is 2. The summed E-state index contributed by atoms with van der Waals surface area (Å²) in [5.41, 5.74) is 8.80. The highest BCUT2D eigenvalue weighted by Crippen LogP contribution is 2.38. The number of fused-ring (bicyclic) bond motifs is 2. The highest BCUT2D eigenvalue weighted by atomic mass is 79.9. The molecule has 8 nitrogen and oxygen atoms in total. The molecule has 2 N–H and O–H groups in total. The standard InChI is InChI=1S/C19H13ClN2OS2.C13H14BClNO2S.C11H7BrClNOS/c1-11-8-18-15(21-10-24-18)9-12(11)16-6-7-17(25-16)19(23)22-14-5-3-2-4-13(14)20;1-12(2)13(3,4)18-14(17-12)8-5-10-11(6-9(8)15)19-7-16-10;12-10-6-5-9(16-10)11(15)14-8-4-2-1-3-7(8)13/h2-10H,1H3,(H,22,23);5-7H,1H2,2-4H3;1-6H,(H,14,15)/q;+1;. The van der Waals surface area contributed by atoms with Crippen molar-refractivity contribution < 1.29 is 18.9 Å². The van der Waals surface area contributed by atoms with E-state index in [-0.39, 0.29) is 11.8 Å². The predicted molar refractivity (Wildman–Crippen MR) is 259 cm³/mol. The third-order valence-electron chi connectivity index (χ3n) is 9.56. The van der Waals surface area contributed by atoms with Gasteiger partial charge in [-0.05, 0) is 121 Å². The molecule has 8 aromatic rings. The zero-order chi connectivity index (χ0) is 42.8. The van der Waals surface area contributed by atoms with E-state index in [4.69, 9.17) is 44.1 Å². The molecule has 304 valence electrons. The van der Waals surface area contributed by atoms with Gasteiger partial charge in [-0.15, -0.1) is 45.3 Å². The van der Waals surface area contributed by atoms with E-state index in [0.717, 1.165) is 35.4 Å². The number of amides is 2. The average Bonchev–Trinajstić information content (AvgIpc) is 4.05. The fourth-order valence-corrected chi connectivity index (χ4v) is 10.2. The maximum absolute atomic E-state index is 12.5.